The molecule has 1 atom stereocenters. The van der Waals surface area contributed by atoms with Gasteiger partial charge in [0.1, 0.15) is 6.04 Å². The largest absolute Gasteiger partial charge is 0.480 e. The van der Waals surface area contributed by atoms with Gasteiger partial charge in [-0.15, -0.1) is 0 Å². The van der Waals surface area contributed by atoms with Gasteiger partial charge in [0, 0.05) is 19.5 Å². The normalized spacial score (nSPS) is 11.5. The van der Waals surface area contributed by atoms with E-state index in [1.807, 2.05) is 84.9 Å². The fourth-order valence-electron chi connectivity index (χ4n) is 3.48. The fraction of sp³-hybridized carbons (Fsp3) is 0.231. The molecule has 2 amide bonds. The van der Waals surface area contributed by atoms with E-state index in [2.05, 4.69) is 5.32 Å². The van der Waals surface area contributed by atoms with Gasteiger partial charge in [-0.05, 0) is 28.7 Å². The highest BCUT2D eigenvalue weighted by atomic mass is 16.4. The number of nitrogens with one attached hydrogen (secondary N) is 1. The number of aliphatic hydroxyl groups is 1. The van der Waals surface area contributed by atoms with Crippen LogP contribution in [-0.2, 0) is 17.6 Å². The molecular formula is C26H28N2O4. The number of aliphatic carboxylic acids is 1. The number of amides is 2. The van der Waals surface area contributed by atoms with Gasteiger partial charge >= 0.3 is 12.0 Å². The first-order valence-corrected chi connectivity index (χ1v) is 10.6. The zero-order chi connectivity index (χ0) is 22.8. The van der Waals surface area contributed by atoms with E-state index in [1.54, 1.807) is 0 Å². The Morgan fingerprint density at radius 3 is 1.97 bits per heavy atom. The second-order valence-corrected chi connectivity index (χ2v) is 7.55. The summed E-state index contributed by atoms with van der Waals surface area (Å²) in [6.45, 7) is 0.326. The lowest BCUT2D eigenvalue weighted by atomic mass is 10.0. The molecule has 0 saturated heterocycles. The quantitative estimate of drug-likeness (QED) is 0.457. The number of carboxylic acids is 1. The van der Waals surface area contributed by atoms with Gasteiger partial charge in [0.2, 0.25) is 0 Å². The Morgan fingerprint density at radius 1 is 0.781 bits per heavy atom. The van der Waals surface area contributed by atoms with Crippen LogP contribution < -0.4 is 5.32 Å². The third kappa shape index (κ3) is 6.68. The molecule has 0 radical (unpaired) electrons. The van der Waals surface area contributed by atoms with Crippen molar-refractivity contribution in [3.8, 4) is 11.1 Å². The van der Waals surface area contributed by atoms with E-state index in [1.165, 1.54) is 4.90 Å². The van der Waals surface area contributed by atoms with Crippen molar-refractivity contribution in [2.45, 2.75) is 18.9 Å². The molecule has 32 heavy (non-hydrogen) atoms. The third-order valence-corrected chi connectivity index (χ3v) is 5.27. The number of benzene rings is 3. The Kier molecular flexibility index (Phi) is 8.40. The molecule has 0 spiro atoms. The van der Waals surface area contributed by atoms with Crippen LogP contribution in [0.4, 0.5) is 4.79 Å². The fourth-order valence-corrected chi connectivity index (χ4v) is 3.48. The van der Waals surface area contributed by atoms with Crippen LogP contribution in [0.2, 0.25) is 0 Å². The highest BCUT2D eigenvalue weighted by Crippen LogP contribution is 2.19. The predicted molar refractivity (Wildman–Crippen MR) is 124 cm³/mol. The maximum absolute atomic E-state index is 12.7. The summed E-state index contributed by atoms with van der Waals surface area (Å²) in [5.74, 6) is -1.10. The van der Waals surface area contributed by atoms with E-state index in [-0.39, 0.29) is 19.6 Å². The molecule has 0 unspecified atom stereocenters. The van der Waals surface area contributed by atoms with E-state index in [4.69, 9.17) is 0 Å². The number of carbonyl (C=O) groups excluding carboxylic acids is 1. The summed E-state index contributed by atoms with van der Waals surface area (Å²) in [5, 5.41) is 21.6. The molecule has 0 saturated carbocycles. The first-order chi connectivity index (χ1) is 15.6. The molecule has 6 heteroatoms. The summed E-state index contributed by atoms with van der Waals surface area (Å²) < 4.78 is 0. The summed E-state index contributed by atoms with van der Waals surface area (Å²) in [6, 6.07) is 25.7. The number of hydrogen-bond acceptors (Lipinski definition) is 3. The second-order valence-electron chi connectivity index (χ2n) is 7.55. The van der Waals surface area contributed by atoms with Crippen molar-refractivity contribution < 1.29 is 19.8 Å². The van der Waals surface area contributed by atoms with Crippen molar-refractivity contribution in [3.05, 3.63) is 96.1 Å². The molecule has 0 bridgehead atoms. The smallest absolute Gasteiger partial charge is 0.326 e. The van der Waals surface area contributed by atoms with Gasteiger partial charge < -0.3 is 20.4 Å². The van der Waals surface area contributed by atoms with Crippen molar-refractivity contribution in [1.29, 1.82) is 0 Å². The van der Waals surface area contributed by atoms with E-state index >= 15 is 0 Å². The van der Waals surface area contributed by atoms with Gasteiger partial charge in [0.15, 0.2) is 0 Å². The molecule has 3 aromatic carbocycles. The van der Waals surface area contributed by atoms with Crippen LogP contribution in [0, 0.1) is 0 Å². The number of hydrogen-bond donors (Lipinski definition) is 3. The molecule has 0 fully saturated rings. The number of nitrogens with zero attached hydrogens (tertiary/aromatic N) is 1. The molecule has 6 nitrogen and oxygen atoms in total. The molecule has 0 aliphatic carbocycles. The molecule has 0 aliphatic heterocycles. The predicted octanol–water partition coefficient (Wildman–Crippen LogP) is 3.60. The zero-order valence-corrected chi connectivity index (χ0v) is 17.9. The van der Waals surface area contributed by atoms with Crippen LogP contribution in [0.15, 0.2) is 84.9 Å². The van der Waals surface area contributed by atoms with Crippen LogP contribution in [0.5, 0.6) is 0 Å². The average molecular weight is 433 g/mol. The van der Waals surface area contributed by atoms with Crippen LogP contribution in [0.1, 0.15) is 11.1 Å². The molecule has 3 N–H and O–H groups in total. The molecule has 3 aromatic rings. The van der Waals surface area contributed by atoms with Crippen LogP contribution in [0.3, 0.4) is 0 Å². The molecule has 0 aromatic heterocycles. The maximum Gasteiger partial charge on any atom is 0.326 e. The van der Waals surface area contributed by atoms with Gasteiger partial charge in [-0.3, -0.25) is 0 Å². The number of rotatable bonds is 10. The molecular weight excluding hydrogens is 404 g/mol. The lowest BCUT2D eigenvalue weighted by molar-refractivity contribution is -0.139. The summed E-state index contributed by atoms with van der Waals surface area (Å²) in [6.07, 6.45) is 0.786. The van der Waals surface area contributed by atoms with E-state index in [0.717, 1.165) is 22.3 Å². The van der Waals surface area contributed by atoms with Crippen molar-refractivity contribution in [3.63, 3.8) is 0 Å². The minimum Gasteiger partial charge on any atom is -0.480 e. The maximum atomic E-state index is 12.7. The van der Waals surface area contributed by atoms with Crippen LogP contribution in [0.25, 0.3) is 11.1 Å². The van der Waals surface area contributed by atoms with Gasteiger partial charge in [0.25, 0.3) is 0 Å². The highest BCUT2D eigenvalue weighted by Gasteiger charge is 2.23. The summed E-state index contributed by atoms with van der Waals surface area (Å²) in [4.78, 5) is 26.0. The SMILES string of the molecule is O=C(O)[C@H](Cc1ccc(-c2ccccc2)cc1)NC(=O)N(CCO)CCc1ccccc1. The van der Waals surface area contributed by atoms with E-state index in [9.17, 15) is 19.8 Å². The monoisotopic (exact) mass is 432 g/mol. The number of aliphatic hydroxyl groups excluding tert-OH is 1. The van der Waals surface area contributed by atoms with Crippen LogP contribution >= 0.6 is 0 Å². The Hall–Kier alpha value is -3.64. The summed E-state index contributed by atoms with van der Waals surface area (Å²) >= 11 is 0. The Labute approximate surface area is 188 Å². The summed E-state index contributed by atoms with van der Waals surface area (Å²) in [7, 11) is 0. The van der Waals surface area contributed by atoms with Gasteiger partial charge in [-0.2, -0.15) is 0 Å². The van der Waals surface area contributed by atoms with Crippen LogP contribution in [-0.4, -0.2) is 52.9 Å². The standard InChI is InChI=1S/C26H28N2O4/c29-18-17-28(16-15-20-7-3-1-4-8-20)26(32)27-24(25(30)31)19-21-11-13-23(14-12-21)22-9-5-2-6-10-22/h1-14,24,29H,15-19H2,(H,27,32)(H,30,31)/t24-/m0/s1. The Balaban J connectivity index is 1.62. The zero-order valence-electron chi connectivity index (χ0n) is 17.9. The lowest BCUT2D eigenvalue weighted by Crippen LogP contribution is -2.50. The molecule has 0 aliphatic rings. The molecule has 166 valence electrons. The Morgan fingerprint density at radius 2 is 1.38 bits per heavy atom. The Bertz CT molecular complexity index is 991. The van der Waals surface area contributed by atoms with Crippen molar-refractivity contribution in [2.24, 2.45) is 0 Å². The van der Waals surface area contributed by atoms with Gasteiger partial charge in [0.05, 0.1) is 6.61 Å². The van der Waals surface area contributed by atoms with Crippen molar-refractivity contribution in [1.82, 2.24) is 10.2 Å². The molecule has 3 rings (SSSR count). The average Bonchev–Trinajstić information content (AvgIpc) is 2.83. The highest BCUT2D eigenvalue weighted by molar-refractivity contribution is 5.83. The minimum absolute atomic E-state index is 0.136. The van der Waals surface area contributed by atoms with Gasteiger partial charge in [-0.1, -0.05) is 84.9 Å². The first kappa shape index (κ1) is 23.0. The molecule has 0 heterocycles. The van der Waals surface area contributed by atoms with Crippen molar-refractivity contribution >= 4 is 12.0 Å². The topological polar surface area (TPSA) is 89.9 Å². The number of carbonyl (C=O) groups is 2. The minimum atomic E-state index is -1.10. The summed E-state index contributed by atoms with van der Waals surface area (Å²) in [5.41, 5.74) is 4.01. The number of urea groups is 1. The number of carboxylic acid groups (broad SMARTS) is 1. The second kappa shape index (κ2) is 11.7. The van der Waals surface area contributed by atoms with Crippen molar-refractivity contribution in [2.75, 3.05) is 19.7 Å². The first-order valence-electron chi connectivity index (χ1n) is 10.6. The lowest BCUT2D eigenvalue weighted by Gasteiger charge is -2.25. The van der Waals surface area contributed by atoms with Gasteiger partial charge in [-0.25, -0.2) is 9.59 Å². The third-order valence-electron chi connectivity index (χ3n) is 5.27. The van der Waals surface area contributed by atoms with E-state index < -0.39 is 18.0 Å². The van der Waals surface area contributed by atoms with E-state index in [0.29, 0.717) is 13.0 Å².